The highest BCUT2D eigenvalue weighted by molar-refractivity contribution is 6.01. The maximum Gasteiger partial charge on any atom is 0.227 e. The number of aryl methyl sites for hydroxylation is 3. The molecule has 0 spiro atoms. The second-order valence-corrected chi connectivity index (χ2v) is 6.69. The molecule has 1 heterocycles. The minimum Gasteiger partial charge on any atom is -0.383 e. The first-order valence-electron chi connectivity index (χ1n) is 8.79. The summed E-state index contributed by atoms with van der Waals surface area (Å²) in [6.07, 6.45) is 0.274. The van der Waals surface area contributed by atoms with E-state index in [4.69, 9.17) is 4.74 Å². The fourth-order valence-electron chi connectivity index (χ4n) is 3.42. The summed E-state index contributed by atoms with van der Waals surface area (Å²) >= 11 is 0. The molecular weight excluding hydrogens is 318 g/mol. The average molecular weight is 347 g/mol. The number of carbonyl (C=O) groups excluding carboxylic acids is 2. The highest BCUT2D eigenvalue weighted by Crippen LogP contribution is 2.31. The molecule has 1 atom stereocenters. The molecule has 138 valence electrons. The van der Waals surface area contributed by atoms with Gasteiger partial charge in [-0.15, -0.1) is 0 Å². The van der Waals surface area contributed by atoms with Crippen LogP contribution < -0.4 is 15.5 Å². The standard InChI is InChI=1S/C19H29N3O3/c1-13-9-14(2)18(15(3)10-13)22-12-16(11-17(22)23)19(24)21-6-5-20-7-8-25-4/h9-10,16,20H,5-8,11-12H2,1-4H3,(H,21,24). The number of methoxy groups -OCH3 is 1. The van der Waals surface area contributed by atoms with E-state index in [0.717, 1.165) is 23.4 Å². The average Bonchev–Trinajstić information content (AvgIpc) is 2.91. The molecule has 2 rings (SSSR count). The smallest absolute Gasteiger partial charge is 0.227 e. The summed E-state index contributed by atoms with van der Waals surface area (Å²) in [7, 11) is 1.66. The van der Waals surface area contributed by atoms with Crippen LogP contribution in [-0.4, -0.2) is 51.7 Å². The summed E-state index contributed by atoms with van der Waals surface area (Å²) in [6, 6.07) is 4.16. The van der Waals surface area contributed by atoms with E-state index in [1.165, 1.54) is 5.56 Å². The van der Waals surface area contributed by atoms with Crippen molar-refractivity contribution in [3.05, 3.63) is 28.8 Å². The molecule has 1 aromatic carbocycles. The van der Waals surface area contributed by atoms with Gasteiger partial charge < -0.3 is 20.3 Å². The third kappa shape index (κ3) is 5.03. The van der Waals surface area contributed by atoms with Crippen molar-refractivity contribution in [2.24, 2.45) is 5.92 Å². The van der Waals surface area contributed by atoms with Gasteiger partial charge in [-0.25, -0.2) is 0 Å². The van der Waals surface area contributed by atoms with Crippen LogP contribution in [0.1, 0.15) is 23.1 Å². The number of hydrogen-bond acceptors (Lipinski definition) is 4. The lowest BCUT2D eigenvalue weighted by molar-refractivity contribution is -0.126. The van der Waals surface area contributed by atoms with Crippen LogP contribution >= 0.6 is 0 Å². The highest BCUT2D eigenvalue weighted by Gasteiger charge is 2.36. The van der Waals surface area contributed by atoms with Gasteiger partial charge >= 0.3 is 0 Å². The predicted octanol–water partition coefficient (Wildman–Crippen LogP) is 1.32. The van der Waals surface area contributed by atoms with Gasteiger partial charge in [0.15, 0.2) is 0 Å². The maximum atomic E-state index is 12.4. The van der Waals surface area contributed by atoms with Crippen molar-refractivity contribution in [2.75, 3.05) is 44.8 Å². The van der Waals surface area contributed by atoms with Crippen molar-refractivity contribution in [3.8, 4) is 0 Å². The lowest BCUT2D eigenvalue weighted by Gasteiger charge is -2.22. The summed E-state index contributed by atoms with van der Waals surface area (Å²) in [6.45, 7) is 9.18. The Balaban J connectivity index is 1.91. The summed E-state index contributed by atoms with van der Waals surface area (Å²) < 4.78 is 4.95. The molecule has 0 bridgehead atoms. The third-order valence-corrected chi connectivity index (χ3v) is 4.49. The van der Waals surface area contributed by atoms with E-state index in [9.17, 15) is 9.59 Å². The number of nitrogens with one attached hydrogen (secondary N) is 2. The monoisotopic (exact) mass is 347 g/mol. The summed E-state index contributed by atoms with van der Waals surface area (Å²) in [5.41, 5.74) is 4.29. The van der Waals surface area contributed by atoms with Crippen LogP contribution in [0.15, 0.2) is 12.1 Å². The molecule has 1 aliphatic rings. The molecule has 1 aliphatic heterocycles. The Morgan fingerprint density at radius 1 is 1.20 bits per heavy atom. The lowest BCUT2D eigenvalue weighted by Crippen LogP contribution is -2.37. The largest absolute Gasteiger partial charge is 0.383 e. The van der Waals surface area contributed by atoms with E-state index >= 15 is 0 Å². The summed E-state index contributed by atoms with van der Waals surface area (Å²) in [4.78, 5) is 26.6. The second-order valence-electron chi connectivity index (χ2n) is 6.69. The Labute approximate surface area is 149 Å². The van der Waals surface area contributed by atoms with Gasteiger partial charge in [-0.1, -0.05) is 17.7 Å². The number of anilines is 1. The van der Waals surface area contributed by atoms with Gasteiger partial charge in [0.25, 0.3) is 0 Å². The molecule has 1 unspecified atom stereocenters. The van der Waals surface area contributed by atoms with Crippen LogP contribution in [0.3, 0.4) is 0 Å². The van der Waals surface area contributed by atoms with E-state index in [1.807, 2.05) is 20.8 Å². The number of rotatable bonds is 8. The fourth-order valence-corrected chi connectivity index (χ4v) is 3.42. The molecule has 0 saturated carbocycles. The van der Waals surface area contributed by atoms with Crippen LogP contribution in [0.5, 0.6) is 0 Å². The number of hydrogen-bond donors (Lipinski definition) is 2. The second kappa shape index (κ2) is 8.97. The number of amides is 2. The molecule has 6 heteroatoms. The molecule has 0 aromatic heterocycles. The van der Waals surface area contributed by atoms with Gasteiger partial charge in [0.2, 0.25) is 11.8 Å². The van der Waals surface area contributed by atoms with Gasteiger partial charge in [0.05, 0.1) is 12.5 Å². The highest BCUT2D eigenvalue weighted by atomic mass is 16.5. The van der Waals surface area contributed by atoms with Crippen molar-refractivity contribution < 1.29 is 14.3 Å². The molecule has 6 nitrogen and oxygen atoms in total. The number of benzene rings is 1. The van der Waals surface area contributed by atoms with E-state index in [2.05, 4.69) is 22.8 Å². The Hall–Kier alpha value is -1.92. The van der Waals surface area contributed by atoms with Crippen molar-refractivity contribution in [1.82, 2.24) is 10.6 Å². The minimum absolute atomic E-state index is 0.0217. The quantitative estimate of drug-likeness (QED) is 0.696. The van der Waals surface area contributed by atoms with Crippen molar-refractivity contribution in [2.45, 2.75) is 27.2 Å². The van der Waals surface area contributed by atoms with Crippen molar-refractivity contribution in [1.29, 1.82) is 0 Å². The SMILES string of the molecule is COCCNCCNC(=O)C1CC(=O)N(c2c(C)cc(C)cc2C)C1. The molecule has 2 amide bonds. The zero-order valence-corrected chi connectivity index (χ0v) is 15.6. The van der Waals surface area contributed by atoms with Gasteiger partial charge in [0, 0.05) is 45.4 Å². The maximum absolute atomic E-state index is 12.4. The molecule has 1 saturated heterocycles. The zero-order chi connectivity index (χ0) is 18.4. The van der Waals surface area contributed by atoms with Gasteiger partial charge in [0.1, 0.15) is 0 Å². The normalized spacial score (nSPS) is 17.2. The number of carbonyl (C=O) groups is 2. The van der Waals surface area contributed by atoms with E-state index in [0.29, 0.717) is 26.2 Å². The van der Waals surface area contributed by atoms with Gasteiger partial charge in [-0.05, 0) is 31.9 Å². The molecule has 0 aliphatic carbocycles. The van der Waals surface area contributed by atoms with Crippen LogP contribution in [0.2, 0.25) is 0 Å². The Kier molecular flexibility index (Phi) is 6.96. The van der Waals surface area contributed by atoms with Gasteiger partial charge in [-0.3, -0.25) is 9.59 Å². The summed E-state index contributed by atoms with van der Waals surface area (Å²) in [5.74, 6) is -0.313. The van der Waals surface area contributed by atoms with E-state index in [-0.39, 0.29) is 24.2 Å². The van der Waals surface area contributed by atoms with Crippen molar-refractivity contribution in [3.63, 3.8) is 0 Å². The first-order chi connectivity index (χ1) is 11.9. The molecule has 1 aromatic rings. The molecule has 1 fully saturated rings. The van der Waals surface area contributed by atoms with Crippen LogP contribution in [0.4, 0.5) is 5.69 Å². The first kappa shape index (κ1) is 19.4. The van der Waals surface area contributed by atoms with E-state index < -0.39 is 0 Å². The number of ether oxygens (including phenoxy) is 1. The minimum atomic E-state index is -0.286. The first-order valence-corrected chi connectivity index (χ1v) is 8.79. The summed E-state index contributed by atoms with van der Waals surface area (Å²) in [5, 5.41) is 6.09. The molecule has 25 heavy (non-hydrogen) atoms. The Morgan fingerprint density at radius 2 is 1.88 bits per heavy atom. The topological polar surface area (TPSA) is 70.7 Å². The Bertz CT molecular complexity index is 607. The Morgan fingerprint density at radius 3 is 2.52 bits per heavy atom. The van der Waals surface area contributed by atoms with Crippen LogP contribution in [0.25, 0.3) is 0 Å². The van der Waals surface area contributed by atoms with E-state index in [1.54, 1.807) is 12.0 Å². The van der Waals surface area contributed by atoms with Crippen molar-refractivity contribution >= 4 is 17.5 Å². The fraction of sp³-hybridized carbons (Fsp3) is 0.579. The number of nitrogens with zero attached hydrogens (tertiary/aromatic N) is 1. The zero-order valence-electron chi connectivity index (χ0n) is 15.6. The van der Waals surface area contributed by atoms with Crippen LogP contribution in [0, 0.1) is 26.7 Å². The molecule has 2 N–H and O–H groups in total. The molecule has 0 radical (unpaired) electrons. The van der Waals surface area contributed by atoms with Gasteiger partial charge in [-0.2, -0.15) is 0 Å². The predicted molar refractivity (Wildman–Crippen MR) is 98.9 cm³/mol. The van der Waals surface area contributed by atoms with Crippen LogP contribution in [-0.2, 0) is 14.3 Å². The molecular formula is C19H29N3O3. The lowest BCUT2D eigenvalue weighted by atomic mass is 10.0. The third-order valence-electron chi connectivity index (χ3n) is 4.49.